The largest absolute Gasteiger partial charge is 0.315 e. The van der Waals surface area contributed by atoms with Crippen LogP contribution in [0, 0.1) is 6.92 Å². The number of nitrogens with zero attached hydrogens (tertiary/aromatic N) is 2. The maximum Gasteiger partial charge on any atom is 0.0769 e. The number of hydrogen-bond acceptors (Lipinski definition) is 4. The molecule has 1 aromatic heterocycles. The van der Waals surface area contributed by atoms with Gasteiger partial charge in [0.25, 0.3) is 0 Å². The lowest BCUT2D eigenvalue weighted by Crippen LogP contribution is -2.04. The Morgan fingerprint density at radius 1 is 1.67 bits per heavy atom. The first-order chi connectivity index (χ1) is 4.34. The van der Waals surface area contributed by atoms with Gasteiger partial charge in [0.15, 0.2) is 0 Å². The van der Waals surface area contributed by atoms with Crippen LogP contribution in [-0.4, -0.2) is 16.6 Å². The first-order valence-electron chi connectivity index (χ1n) is 2.77. The third kappa shape index (κ3) is 1.46. The summed E-state index contributed by atoms with van der Waals surface area (Å²) in [5, 5.41) is 6.91. The lowest BCUT2D eigenvalue weighted by Gasteiger charge is -1.91. The predicted molar refractivity (Wildman–Crippen MR) is 37.4 cm³/mol. The lowest BCUT2D eigenvalue weighted by atomic mass is 10.4. The Hall–Kier alpha value is -0.480. The molecular formula is C5H9N3S. The number of rotatable bonds is 2. The van der Waals surface area contributed by atoms with Gasteiger partial charge in [0.2, 0.25) is 0 Å². The van der Waals surface area contributed by atoms with Crippen LogP contribution in [0.15, 0.2) is 0 Å². The van der Waals surface area contributed by atoms with Crippen molar-refractivity contribution in [2.24, 2.45) is 0 Å². The molecule has 0 aliphatic rings. The Bertz CT molecular complexity index is 184. The van der Waals surface area contributed by atoms with Gasteiger partial charge >= 0.3 is 0 Å². The van der Waals surface area contributed by atoms with Crippen molar-refractivity contribution in [2.45, 2.75) is 13.5 Å². The monoisotopic (exact) mass is 143 g/mol. The summed E-state index contributed by atoms with van der Waals surface area (Å²) in [5.74, 6) is 0. The Kier molecular flexibility index (Phi) is 2.13. The van der Waals surface area contributed by atoms with Gasteiger partial charge in [-0.25, -0.2) is 0 Å². The van der Waals surface area contributed by atoms with Crippen molar-refractivity contribution in [3.63, 3.8) is 0 Å². The van der Waals surface area contributed by atoms with Gasteiger partial charge < -0.3 is 5.32 Å². The average Bonchev–Trinajstić information content (AvgIpc) is 2.18. The van der Waals surface area contributed by atoms with E-state index in [1.165, 1.54) is 16.4 Å². The number of aromatic nitrogens is 2. The van der Waals surface area contributed by atoms with E-state index in [0.717, 1.165) is 12.2 Å². The number of hydrogen-bond donors (Lipinski definition) is 1. The third-order valence-corrected chi connectivity index (χ3v) is 1.91. The van der Waals surface area contributed by atoms with E-state index >= 15 is 0 Å². The maximum atomic E-state index is 3.86. The molecule has 0 aliphatic heterocycles. The van der Waals surface area contributed by atoms with Gasteiger partial charge in [0, 0.05) is 6.54 Å². The minimum atomic E-state index is 0.878. The molecule has 0 aromatic carbocycles. The van der Waals surface area contributed by atoms with Crippen molar-refractivity contribution in [1.82, 2.24) is 14.9 Å². The quantitative estimate of drug-likeness (QED) is 0.657. The lowest BCUT2D eigenvalue weighted by molar-refractivity contribution is 0.821. The van der Waals surface area contributed by atoms with E-state index in [1.807, 2.05) is 14.0 Å². The molecule has 0 bridgehead atoms. The summed E-state index contributed by atoms with van der Waals surface area (Å²) in [5.41, 5.74) is 1.04. The highest BCUT2D eigenvalue weighted by atomic mass is 32.1. The van der Waals surface area contributed by atoms with Crippen molar-refractivity contribution in [2.75, 3.05) is 7.05 Å². The molecule has 0 amide bonds. The highest BCUT2D eigenvalue weighted by Crippen LogP contribution is 2.06. The van der Waals surface area contributed by atoms with E-state index in [0.29, 0.717) is 0 Å². The fourth-order valence-corrected chi connectivity index (χ4v) is 1.22. The molecule has 0 aliphatic carbocycles. The number of nitrogens with one attached hydrogen (secondary N) is 1. The second-order valence-corrected chi connectivity index (χ2v) is 2.65. The minimum Gasteiger partial charge on any atom is -0.315 e. The van der Waals surface area contributed by atoms with Crippen LogP contribution in [0.1, 0.15) is 10.6 Å². The molecule has 0 radical (unpaired) electrons. The molecule has 0 spiro atoms. The summed E-state index contributed by atoms with van der Waals surface area (Å²) in [6, 6.07) is 0. The van der Waals surface area contributed by atoms with E-state index in [9.17, 15) is 0 Å². The molecule has 0 fully saturated rings. The van der Waals surface area contributed by atoms with Crippen LogP contribution in [0.5, 0.6) is 0 Å². The molecule has 0 unspecified atom stereocenters. The van der Waals surface area contributed by atoms with Gasteiger partial charge in [-0.15, -0.1) is 5.10 Å². The van der Waals surface area contributed by atoms with Gasteiger partial charge in [-0.1, -0.05) is 4.49 Å². The molecule has 4 heteroatoms. The second-order valence-electron chi connectivity index (χ2n) is 1.81. The summed E-state index contributed by atoms with van der Waals surface area (Å²) in [6.45, 7) is 2.85. The molecule has 0 atom stereocenters. The molecule has 1 N–H and O–H groups in total. The Balaban J connectivity index is 2.69. The maximum absolute atomic E-state index is 3.86. The summed E-state index contributed by atoms with van der Waals surface area (Å²) < 4.78 is 3.79. The third-order valence-electron chi connectivity index (χ3n) is 1.08. The predicted octanol–water partition coefficient (Wildman–Crippen LogP) is 0.566. The average molecular weight is 143 g/mol. The fourth-order valence-electron chi connectivity index (χ4n) is 0.574. The molecule has 50 valence electrons. The highest BCUT2D eigenvalue weighted by Gasteiger charge is 1.98. The van der Waals surface area contributed by atoms with Gasteiger partial charge in [0.05, 0.1) is 10.6 Å². The molecule has 1 aromatic rings. The van der Waals surface area contributed by atoms with Gasteiger partial charge in [0.1, 0.15) is 0 Å². The van der Waals surface area contributed by atoms with E-state index in [-0.39, 0.29) is 0 Å². The zero-order valence-electron chi connectivity index (χ0n) is 5.51. The van der Waals surface area contributed by atoms with Crippen molar-refractivity contribution in [1.29, 1.82) is 0 Å². The first-order valence-corrected chi connectivity index (χ1v) is 3.54. The molecule has 0 saturated carbocycles. The van der Waals surface area contributed by atoms with E-state index in [2.05, 4.69) is 14.9 Å². The highest BCUT2D eigenvalue weighted by molar-refractivity contribution is 7.05. The first kappa shape index (κ1) is 6.64. The van der Waals surface area contributed by atoms with Crippen molar-refractivity contribution in [3.8, 4) is 0 Å². The molecule has 9 heavy (non-hydrogen) atoms. The standard InChI is InChI=1S/C5H9N3S/c1-4-5(3-6-2)9-8-7-4/h6H,3H2,1-2H3. The number of aryl methyl sites for hydroxylation is 1. The zero-order chi connectivity index (χ0) is 6.69. The van der Waals surface area contributed by atoms with Crippen molar-refractivity contribution in [3.05, 3.63) is 10.6 Å². The van der Waals surface area contributed by atoms with Crippen molar-refractivity contribution < 1.29 is 0 Å². The summed E-state index contributed by atoms with van der Waals surface area (Å²) >= 11 is 1.45. The van der Waals surface area contributed by atoms with E-state index < -0.39 is 0 Å². The SMILES string of the molecule is CNCc1snnc1C. The van der Waals surface area contributed by atoms with Crippen LogP contribution in [-0.2, 0) is 6.54 Å². The van der Waals surface area contributed by atoms with Crippen LogP contribution in [0.25, 0.3) is 0 Å². The molecule has 1 heterocycles. The molecule has 0 saturated heterocycles. The van der Waals surface area contributed by atoms with Gasteiger partial charge in [-0.05, 0) is 25.5 Å². The smallest absolute Gasteiger partial charge is 0.0769 e. The van der Waals surface area contributed by atoms with Crippen LogP contribution >= 0.6 is 11.5 Å². The van der Waals surface area contributed by atoms with Crippen LogP contribution < -0.4 is 5.32 Å². The summed E-state index contributed by atoms with van der Waals surface area (Å²) in [4.78, 5) is 1.22. The molecular weight excluding hydrogens is 134 g/mol. The van der Waals surface area contributed by atoms with E-state index in [1.54, 1.807) is 0 Å². The Morgan fingerprint density at radius 3 is 2.89 bits per heavy atom. The fraction of sp³-hybridized carbons (Fsp3) is 0.600. The zero-order valence-corrected chi connectivity index (χ0v) is 6.33. The van der Waals surface area contributed by atoms with Gasteiger partial charge in [-0.3, -0.25) is 0 Å². The topological polar surface area (TPSA) is 37.8 Å². The molecule has 3 nitrogen and oxygen atoms in total. The normalized spacial score (nSPS) is 10.0. The van der Waals surface area contributed by atoms with Crippen LogP contribution in [0.2, 0.25) is 0 Å². The van der Waals surface area contributed by atoms with Crippen LogP contribution in [0.3, 0.4) is 0 Å². The summed E-state index contributed by atoms with van der Waals surface area (Å²) in [7, 11) is 1.92. The van der Waals surface area contributed by atoms with E-state index in [4.69, 9.17) is 0 Å². The Labute approximate surface area is 58.3 Å². The van der Waals surface area contributed by atoms with Crippen molar-refractivity contribution >= 4 is 11.5 Å². The van der Waals surface area contributed by atoms with Gasteiger partial charge in [-0.2, -0.15) is 0 Å². The Morgan fingerprint density at radius 2 is 2.44 bits per heavy atom. The molecule has 1 rings (SSSR count). The minimum absolute atomic E-state index is 0.878. The summed E-state index contributed by atoms with van der Waals surface area (Å²) in [6.07, 6.45) is 0. The van der Waals surface area contributed by atoms with Crippen LogP contribution in [0.4, 0.5) is 0 Å². The second kappa shape index (κ2) is 2.89.